The van der Waals surface area contributed by atoms with Crippen LogP contribution < -0.4 is 16.8 Å². The number of benzene rings is 1. The molecule has 3 aliphatic rings. The third-order valence-corrected chi connectivity index (χ3v) is 7.07. The fourth-order valence-electron chi connectivity index (χ4n) is 4.59. The number of aliphatic imine (C=N–C) groups is 1. The van der Waals surface area contributed by atoms with Crippen molar-refractivity contribution in [3.8, 4) is 10.6 Å². The van der Waals surface area contributed by atoms with E-state index in [9.17, 15) is 13.6 Å². The lowest BCUT2D eigenvalue weighted by atomic mass is 9.87. The van der Waals surface area contributed by atoms with Crippen molar-refractivity contribution < 1.29 is 13.6 Å². The normalized spacial score (nSPS) is 23.9. The number of fused-ring (bicyclic) bond motifs is 1. The van der Waals surface area contributed by atoms with E-state index in [1.165, 1.54) is 6.07 Å². The summed E-state index contributed by atoms with van der Waals surface area (Å²) in [5, 5.41) is 2.97. The van der Waals surface area contributed by atoms with Crippen LogP contribution in [0, 0.1) is 17.6 Å². The predicted octanol–water partition coefficient (Wildman–Crippen LogP) is 3.23. The number of nitrogens with two attached hydrogens (primary N) is 2. The zero-order valence-corrected chi connectivity index (χ0v) is 19.1. The number of carbonyl (C=O) groups is 1. The highest BCUT2D eigenvalue weighted by Gasteiger charge is 2.34. The molecular weight excluding hydrogens is 458 g/mol. The average Bonchev–Trinajstić information content (AvgIpc) is 3.20. The Morgan fingerprint density at radius 3 is 2.74 bits per heavy atom. The fraction of sp³-hybridized carbons (Fsp3) is 0.292. The summed E-state index contributed by atoms with van der Waals surface area (Å²) in [5.74, 6) is -2.14. The van der Waals surface area contributed by atoms with Crippen LogP contribution in [0.25, 0.3) is 10.6 Å². The molecule has 1 fully saturated rings. The van der Waals surface area contributed by atoms with E-state index in [2.05, 4.69) is 26.3 Å². The number of hydrogen-bond donors (Lipinski definition) is 3. The maximum atomic E-state index is 14.2. The molecular formula is C24H24F2N6OS. The molecule has 3 heterocycles. The van der Waals surface area contributed by atoms with Crippen LogP contribution in [0.5, 0.6) is 0 Å². The molecule has 1 aliphatic carbocycles. The van der Waals surface area contributed by atoms with Crippen molar-refractivity contribution in [2.24, 2.45) is 16.6 Å². The summed E-state index contributed by atoms with van der Waals surface area (Å²) in [6.07, 6.45) is 11.6. The smallest absolute Gasteiger partial charge is 0.277 e. The second kappa shape index (κ2) is 9.11. The number of nitrogens with zero attached hydrogens (tertiary/aromatic N) is 3. The molecule has 1 amide bonds. The third-order valence-electron chi connectivity index (χ3n) is 6.17. The number of aromatic nitrogens is 1. The van der Waals surface area contributed by atoms with Crippen molar-refractivity contribution in [1.29, 1.82) is 0 Å². The SMILES string of the molecule is Nc1sc(-c2c(F)cccc2F)nc1C(=O)NC1=C(N2CCC[C@H](N)C2)C2C=CC=CC2N=C1. The van der Waals surface area contributed by atoms with Gasteiger partial charge in [-0.3, -0.25) is 9.79 Å². The van der Waals surface area contributed by atoms with E-state index in [0.717, 1.165) is 48.6 Å². The van der Waals surface area contributed by atoms with Crippen LogP contribution in [0.15, 0.2) is 58.9 Å². The number of likely N-dealkylation sites (tertiary alicyclic amines) is 1. The summed E-state index contributed by atoms with van der Waals surface area (Å²) in [6, 6.07) is 3.53. The van der Waals surface area contributed by atoms with Gasteiger partial charge in [0.2, 0.25) is 0 Å². The van der Waals surface area contributed by atoms with Gasteiger partial charge in [-0.15, -0.1) is 0 Å². The molecule has 5 N–H and O–H groups in total. The number of allylic oxidation sites excluding steroid dienone is 3. The largest absolute Gasteiger partial charge is 0.389 e. The van der Waals surface area contributed by atoms with Crippen LogP contribution in [0.3, 0.4) is 0 Å². The van der Waals surface area contributed by atoms with Crippen LogP contribution in [0.4, 0.5) is 13.8 Å². The third kappa shape index (κ3) is 4.14. The molecule has 2 aromatic rings. The van der Waals surface area contributed by atoms with E-state index < -0.39 is 17.5 Å². The Labute approximate surface area is 199 Å². The first kappa shape index (κ1) is 22.4. The van der Waals surface area contributed by atoms with E-state index in [1.54, 1.807) is 6.21 Å². The number of anilines is 1. The summed E-state index contributed by atoms with van der Waals surface area (Å²) in [4.78, 5) is 24.2. The molecule has 176 valence electrons. The molecule has 0 bridgehead atoms. The highest BCUT2D eigenvalue weighted by atomic mass is 32.1. The lowest BCUT2D eigenvalue weighted by Gasteiger charge is -2.40. The summed E-state index contributed by atoms with van der Waals surface area (Å²) in [6.45, 7) is 1.51. The first-order valence-electron chi connectivity index (χ1n) is 11.1. The number of carbonyl (C=O) groups excluding carboxylic acids is 1. The maximum absolute atomic E-state index is 14.2. The standard InChI is InChI=1S/C24H24F2N6OS/c25-15-7-3-8-16(26)19(15)24-31-20(22(28)34-24)23(33)30-18-11-29-17-9-2-1-6-14(17)21(18)32-10-4-5-13(27)12-32/h1-3,6-9,11,13-14,17H,4-5,10,12,27-28H2,(H,30,33)/t13-,14?,17?/m0/s1. The zero-order chi connectivity index (χ0) is 23.8. The fourth-order valence-corrected chi connectivity index (χ4v) is 5.47. The van der Waals surface area contributed by atoms with Gasteiger partial charge in [-0.1, -0.05) is 41.7 Å². The molecule has 1 aromatic heterocycles. The maximum Gasteiger partial charge on any atom is 0.277 e. The molecule has 5 rings (SSSR count). The zero-order valence-electron chi connectivity index (χ0n) is 18.2. The topological polar surface area (TPSA) is 110 Å². The molecule has 3 atom stereocenters. The summed E-state index contributed by atoms with van der Waals surface area (Å²) in [7, 11) is 0. The number of halogens is 2. The molecule has 1 saturated heterocycles. The highest BCUT2D eigenvalue weighted by Crippen LogP contribution is 2.35. The van der Waals surface area contributed by atoms with Gasteiger partial charge in [-0.05, 0) is 25.0 Å². The molecule has 34 heavy (non-hydrogen) atoms. The van der Waals surface area contributed by atoms with Crippen LogP contribution in [0.2, 0.25) is 0 Å². The summed E-state index contributed by atoms with van der Waals surface area (Å²) >= 11 is 0.862. The number of nitrogens with one attached hydrogen (secondary N) is 1. The van der Waals surface area contributed by atoms with E-state index in [0.29, 0.717) is 12.2 Å². The minimum Gasteiger partial charge on any atom is -0.389 e. The number of nitrogen functional groups attached to an aromatic ring is 1. The van der Waals surface area contributed by atoms with Gasteiger partial charge in [0.1, 0.15) is 21.6 Å². The number of rotatable bonds is 4. The Balaban J connectivity index is 1.48. The van der Waals surface area contributed by atoms with Crippen LogP contribution >= 0.6 is 11.3 Å². The second-order valence-electron chi connectivity index (χ2n) is 8.49. The molecule has 0 saturated carbocycles. The molecule has 10 heteroatoms. The minimum absolute atomic E-state index is 0.00665. The van der Waals surface area contributed by atoms with Crippen molar-refractivity contribution in [3.05, 3.63) is 71.2 Å². The number of dihydropyridines is 1. The Kier molecular flexibility index (Phi) is 6.01. The monoisotopic (exact) mass is 482 g/mol. The quantitative estimate of drug-likeness (QED) is 0.620. The van der Waals surface area contributed by atoms with Crippen molar-refractivity contribution in [2.45, 2.75) is 24.9 Å². The first-order valence-corrected chi connectivity index (χ1v) is 11.9. The van der Waals surface area contributed by atoms with Crippen molar-refractivity contribution >= 4 is 28.5 Å². The molecule has 0 radical (unpaired) electrons. The lowest BCUT2D eigenvalue weighted by Crippen LogP contribution is -2.47. The van der Waals surface area contributed by atoms with Crippen molar-refractivity contribution in [1.82, 2.24) is 15.2 Å². The number of amides is 1. The van der Waals surface area contributed by atoms with Gasteiger partial charge in [-0.25, -0.2) is 13.8 Å². The summed E-state index contributed by atoms with van der Waals surface area (Å²) in [5.41, 5.74) is 13.4. The van der Waals surface area contributed by atoms with Gasteiger partial charge in [0.05, 0.1) is 17.3 Å². The average molecular weight is 483 g/mol. The van der Waals surface area contributed by atoms with Gasteiger partial charge < -0.3 is 21.7 Å². The van der Waals surface area contributed by atoms with E-state index in [-0.39, 0.29) is 39.3 Å². The van der Waals surface area contributed by atoms with Crippen molar-refractivity contribution in [3.63, 3.8) is 0 Å². The van der Waals surface area contributed by atoms with E-state index in [4.69, 9.17) is 11.5 Å². The van der Waals surface area contributed by atoms with Gasteiger partial charge in [0.25, 0.3) is 5.91 Å². The first-order chi connectivity index (χ1) is 16.4. The van der Waals surface area contributed by atoms with Gasteiger partial charge >= 0.3 is 0 Å². The van der Waals surface area contributed by atoms with Gasteiger partial charge in [0, 0.05) is 37.0 Å². The number of piperidine rings is 1. The molecule has 2 aliphatic heterocycles. The van der Waals surface area contributed by atoms with Crippen molar-refractivity contribution in [2.75, 3.05) is 18.8 Å². The Morgan fingerprint density at radius 2 is 1.97 bits per heavy atom. The van der Waals surface area contributed by atoms with Crippen LogP contribution in [-0.2, 0) is 0 Å². The van der Waals surface area contributed by atoms with Crippen LogP contribution in [0.1, 0.15) is 23.3 Å². The Hall–Kier alpha value is -3.37. The summed E-state index contributed by atoms with van der Waals surface area (Å²) < 4.78 is 28.5. The van der Waals surface area contributed by atoms with E-state index >= 15 is 0 Å². The van der Waals surface area contributed by atoms with Gasteiger partial charge in [-0.2, -0.15) is 0 Å². The number of hydrogen-bond acceptors (Lipinski definition) is 7. The predicted molar refractivity (Wildman–Crippen MR) is 129 cm³/mol. The second-order valence-corrected chi connectivity index (χ2v) is 9.52. The Morgan fingerprint density at radius 1 is 1.21 bits per heavy atom. The highest BCUT2D eigenvalue weighted by molar-refractivity contribution is 7.19. The number of thiazole rings is 1. The van der Waals surface area contributed by atoms with Crippen LogP contribution in [-0.4, -0.2) is 47.2 Å². The van der Waals surface area contributed by atoms with E-state index in [1.807, 2.05) is 18.2 Å². The molecule has 2 unspecified atom stereocenters. The van der Waals surface area contributed by atoms with Gasteiger partial charge in [0.15, 0.2) is 5.69 Å². The Bertz CT molecular complexity index is 1230. The molecule has 7 nitrogen and oxygen atoms in total. The molecule has 0 spiro atoms. The minimum atomic E-state index is -0.769. The lowest BCUT2D eigenvalue weighted by molar-refractivity contribution is 0.0962. The molecule has 1 aromatic carbocycles.